The second kappa shape index (κ2) is 5.41. The fourth-order valence-electron chi connectivity index (χ4n) is 1.83. The van der Waals surface area contributed by atoms with Crippen LogP contribution < -0.4 is 10.6 Å². The number of rotatable bonds is 4. The van der Waals surface area contributed by atoms with Crippen LogP contribution in [0.5, 0.6) is 0 Å². The summed E-state index contributed by atoms with van der Waals surface area (Å²) in [5, 5.41) is 6.39. The predicted octanol–water partition coefficient (Wildman–Crippen LogP) is 1.63. The largest absolute Gasteiger partial charge is 0.354 e. The number of piperidine rings is 1. The van der Waals surface area contributed by atoms with E-state index in [0.717, 1.165) is 32.5 Å². The summed E-state index contributed by atoms with van der Waals surface area (Å²) in [6.07, 6.45) is 4.16. The fourth-order valence-corrected chi connectivity index (χ4v) is 2.05. The summed E-state index contributed by atoms with van der Waals surface area (Å²) in [6.45, 7) is 8.94. The highest BCUT2D eigenvalue weighted by Crippen LogP contribution is 2.26. The van der Waals surface area contributed by atoms with Gasteiger partial charge in [0.2, 0.25) is 5.91 Å². The molecule has 1 fully saturated rings. The van der Waals surface area contributed by atoms with Gasteiger partial charge in [-0.25, -0.2) is 0 Å². The quantitative estimate of drug-likeness (QED) is 0.790. The molecule has 1 unspecified atom stereocenters. The van der Waals surface area contributed by atoms with E-state index in [0.29, 0.717) is 0 Å². The summed E-state index contributed by atoms with van der Waals surface area (Å²) in [7, 11) is 0. The fraction of sp³-hybridized carbons (Fsp3) is 0.917. The van der Waals surface area contributed by atoms with Gasteiger partial charge in [0.05, 0.1) is 5.41 Å². The van der Waals surface area contributed by atoms with Gasteiger partial charge in [-0.1, -0.05) is 0 Å². The van der Waals surface area contributed by atoms with E-state index < -0.39 is 0 Å². The Hall–Kier alpha value is -0.220. The van der Waals surface area contributed by atoms with E-state index >= 15 is 0 Å². The Morgan fingerprint density at radius 3 is 2.75 bits per heavy atom. The van der Waals surface area contributed by atoms with Crippen LogP contribution >= 0.6 is 11.8 Å². The first-order valence-corrected chi connectivity index (χ1v) is 7.16. The molecule has 1 amide bonds. The zero-order valence-electron chi connectivity index (χ0n) is 10.9. The number of amides is 1. The van der Waals surface area contributed by atoms with Crippen molar-refractivity contribution in [1.29, 1.82) is 0 Å². The molecule has 1 atom stereocenters. The summed E-state index contributed by atoms with van der Waals surface area (Å²) in [5.41, 5.74) is -0.216. The molecule has 0 aliphatic carbocycles. The van der Waals surface area contributed by atoms with Crippen LogP contribution in [-0.4, -0.2) is 36.5 Å². The molecule has 0 aromatic carbocycles. The van der Waals surface area contributed by atoms with Crippen molar-refractivity contribution in [2.45, 2.75) is 38.4 Å². The van der Waals surface area contributed by atoms with Crippen LogP contribution in [0.3, 0.4) is 0 Å². The zero-order chi connectivity index (χ0) is 12.2. The maximum atomic E-state index is 12.1. The van der Waals surface area contributed by atoms with Gasteiger partial charge in [0.15, 0.2) is 0 Å². The summed E-state index contributed by atoms with van der Waals surface area (Å²) in [4.78, 5) is 12.1. The zero-order valence-corrected chi connectivity index (χ0v) is 11.7. The van der Waals surface area contributed by atoms with Crippen molar-refractivity contribution in [3.63, 3.8) is 0 Å². The Labute approximate surface area is 103 Å². The molecule has 1 rings (SSSR count). The average molecular weight is 244 g/mol. The van der Waals surface area contributed by atoms with Crippen molar-refractivity contribution in [3.05, 3.63) is 0 Å². The van der Waals surface area contributed by atoms with Crippen molar-refractivity contribution in [1.82, 2.24) is 10.6 Å². The maximum Gasteiger partial charge on any atom is 0.227 e. The van der Waals surface area contributed by atoms with Crippen LogP contribution in [0.1, 0.15) is 33.6 Å². The van der Waals surface area contributed by atoms with Crippen molar-refractivity contribution < 1.29 is 4.79 Å². The van der Waals surface area contributed by atoms with Crippen molar-refractivity contribution in [2.75, 3.05) is 25.9 Å². The molecule has 16 heavy (non-hydrogen) atoms. The molecule has 2 N–H and O–H groups in total. The third kappa shape index (κ3) is 3.67. The predicted molar refractivity (Wildman–Crippen MR) is 70.8 cm³/mol. The van der Waals surface area contributed by atoms with Gasteiger partial charge in [-0.15, -0.1) is 0 Å². The first-order valence-electron chi connectivity index (χ1n) is 5.94. The lowest BCUT2D eigenvalue weighted by atomic mass is 9.82. The number of nitrogens with one attached hydrogen (secondary N) is 2. The Balaban J connectivity index is 2.45. The number of hydrogen-bond donors (Lipinski definition) is 2. The second-order valence-electron chi connectivity index (χ2n) is 5.49. The van der Waals surface area contributed by atoms with Gasteiger partial charge >= 0.3 is 0 Å². The van der Waals surface area contributed by atoms with Gasteiger partial charge in [-0.3, -0.25) is 4.79 Å². The minimum atomic E-state index is -0.216. The van der Waals surface area contributed by atoms with Gasteiger partial charge in [0, 0.05) is 17.8 Å². The molecule has 1 aliphatic rings. The number of carbonyl (C=O) groups is 1. The molecule has 0 aromatic rings. The van der Waals surface area contributed by atoms with Crippen LogP contribution in [0, 0.1) is 5.41 Å². The van der Waals surface area contributed by atoms with E-state index in [1.54, 1.807) is 11.8 Å². The summed E-state index contributed by atoms with van der Waals surface area (Å²) >= 11 is 1.78. The highest BCUT2D eigenvalue weighted by atomic mass is 32.2. The van der Waals surface area contributed by atoms with E-state index in [2.05, 4.69) is 37.7 Å². The molecule has 0 radical (unpaired) electrons. The smallest absolute Gasteiger partial charge is 0.227 e. The molecule has 0 spiro atoms. The Morgan fingerprint density at radius 2 is 2.25 bits per heavy atom. The highest BCUT2D eigenvalue weighted by Gasteiger charge is 2.35. The van der Waals surface area contributed by atoms with E-state index in [-0.39, 0.29) is 16.1 Å². The molecular weight excluding hydrogens is 220 g/mol. The number of hydrogen-bond acceptors (Lipinski definition) is 3. The Kier molecular flexibility index (Phi) is 4.68. The van der Waals surface area contributed by atoms with Crippen molar-refractivity contribution in [2.24, 2.45) is 5.41 Å². The monoisotopic (exact) mass is 244 g/mol. The van der Waals surface area contributed by atoms with Crippen molar-refractivity contribution in [3.8, 4) is 0 Å². The summed E-state index contributed by atoms with van der Waals surface area (Å²) in [5.74, 6) is 0.196. The molecule has 0 bridgehead atoms. The van der Waals surface area contributed by atoms with Gasteiger partial charge in [-0.05, 0) is 46.4 Å². The number of carbonyl (C=O) groups excluding carboxylic acids is 1. The van der Waals surface area contributed by atoms with E-state index in [9.17, 15) is 4.79 Å². The normalized spacial score (nSPS) is 26.5. The molecule has 1 heterocycles. The lowest BCUT2D eigenvalue weighted by molar-refractivity contribution is -0.131. The summed E-state index contributed by atoms with van der Waals surface area (Å²) < 4.78 is 0.119. The second-order valence-corrected chi connectivity index (χ2v) is 7.00. The van der Waals surface area contributed by atoms with Gasteiger partial charge in [0.1, 0.15) is 0 Å². The highest BCUT2D eigenvalue weighted by molar-refractivity contribution is 7.99. The molecule has 0 aromatic heterocycles. The number of thioether (sulfide) groups is 1. The topological polar surface area (TPSA) is 41.1 Å². The van der Waals surface area contributed by atoms with E-state index in [4.69, 9.17) is 0 Å². The standard InChI is InChI=1S/C12H24N2OS/c1-11(2,16-4)8-14-10(15)12(3)6-5-7-13-9-12/h13H,5-9H2,1-4H3,(H,14,15). The average Bonchev–Trinajstić information content (AvgIpc) is 2.27. The SMILES string of the molecule is CSC(C)(C)CNC(=O)C1(C)CCCNC1. The maximum absolute atomic E-state index is 12.1. The molecule has 3 nitrogen and oxygen atoms in total. The Bertz CT molecular complexity index is 247. The molecule has 94 valence electrons. The molecule has 4 heteroatoms. The lowest BCUT2D eigenvalue weighted by Gasteiger charge is -2.34. The minimum absolute atomic E-state index is 0.119. The molecule has 1 aliphatic heterocycles. The van der Waals surface area contributed by atoms with Gasteiger partial charge < -0.3 is 10.6 Å². The Morgan fingerprint density at radius 1 is 1.56 bits per heavy atom. The van der Waals surface area contributed by atoms with Gasteiger partial charge in [-0.2, -0.15) is 11.8 Å². The van der Waals surface area contributed by atoms with E-state index in [1.165, 1.54) is 0 Å². The van der Waals surface area contributed by atoms with Gasteiger partial charge in [0.25, 0.3) is 0 Å². The lowest BCUT2D eigenvalue weighted by Crippen LogP contribution is -2.50. The van der Waals surface area contributed by atoms with Crippen LogP contribution in [0.2, 0.25) is 0 Å². The van der Waals surface area contributed by atoms with Crippen molar-refractivity contribution >= 4 is 17.7 Å². The minimum Gasteiger partial charge on any atom is -0.354 e. The third-order valence-electron chi connectivity index (χ3n) is 3.37. The van der Waals surface area contributed by atoms with Crippen LogP contribution in [0.15, 0.2) is 0 Å². The third-order valence-corrected chi connectivity index (χ3v) is 4.62. The first kappa shape index (κ1) is 13.8. The van der Waals surface area contributed by atoms with Crippen LogP contribution in [0.4, 0.5) is 0 Å². The van der Waals surface area contributed by atoms with Crippen LogP contribution in [-0.2, 0) is 4.79 Å². The first-order chi connectivity index (χ1) is 7.40. The molecule has 1 saturated heterocycles. The summed E-state index contributed by atoms with van der Waals surface area (Å²) in [6, 6.07) is 0. The molecular formula is C12H24N2OS. The van der Waals surface area contributed by atoms with Crippen LogP contribution in [0.25, 0.3) is 0 Å². The molecule has 0 saturated carbocycles. The van der Waals surface area contributed by atoms with E-state index in [1.807, 2.05) is 0 Å².